The number of halogens is 3. The standard InChI is InChI=1S/C13H8Cl2N4S.BrH/c14-9-3-2-8(6-10(9)15)11-7-20-13(18-11)19-12-16-4-1-5-17-12;/h1-7H,(H,16,17,18,19);1H. The van der Waals surface area contributed by atoms with Crippen molar-refractivity contribution in [3.63, 3.8) is 0 Å². The second kappa shape index (κ2) is 7.17. The maximum Gasteiger partial charge on any atom is 0.228 e. The SMILES string of the molecule is Br.Clc1ccc(-c2csc(Nc3ncccn3)n2)cc1Cl. The molecule has 0 aliphatic carbocycles. The summed E-state index contributed by atoms with van der Waals surface area (Å²) in [5, 5.41) is 6.74. The Morgan fingerprint density at radius 3 is 2.52 bits per heavy atom. The van der Waals surface area contributed by atoms with Crippen LogP contribution in [0.2, 0.25) is 10.0 Å². The minimum atomic E-state index is 0. The molecule has 8 heteroatoms. The monoisotopic (exact) mass is 402 g/mol. The zero-order valence-electron chi connectivity index (χ0n) is 10.5. The van der Waals surface area contributed by atoms with E-state index in [1.165, 1.54) is 11.3 Å². The molecule has 3 aromatic rings. The highest BCUT2D eigenvalue weighted by Gasteiger charge is 2.07. The maximum atomic E-state index is 6.01. The van der Waals surface area contributed by atoms with E-state index in [-0.39, 0.29) is 17.0 Å². The molecule has 0 radical (unpaired) electrons. The Kier molecular flexibility index (Phi) is 5.52. The summed E-state index contributed by atoms with van der Waals surface area (Å²) in [7, 11) is 0. The Labute approximate surface area is 146 Å². The van der Waals surface area contributed by atoms with E-state index in [4.69, 9.17) is 23.2 Å². The van der Waals surface area contributed by atoms with Gasteiger partial charge in [0.15, 0.2) is 5.13 Å². The normalized spacial score (nSPS) is 10.0. The van der Waals surface area contributed by atoms with Crippen molar-refractivity contribution in [2.45, 2.75) is 0 Å². The second-order valence-corrected chi connectivity index (χ2v) is 5.54. The van der Waals surface area contributed by atoms with Gasteiger partial charge in [-0.25, -0.2) is 15.0 Å². The molecule has 2 aromatic heterocycles. The van der Waals surface area contributed by atoms with Crippen LogP contribution in [0.25, 0.3) is 11.3 Å². The molecule has 0 atom stereocenters. The van der Waals surface area contributed by atoms with Crippen molar-refractivity contribution in [2.24, 2.45) is 0 Å². The Bertz CT molecular complexity index is 736. The van der Waals surface area contributed by atoms with Gasteiger partial charge in [0.2, 0.25) is 5.95 Å². The van der Waals surface area contributed by atoms with Crippen LogP contribution in [0.15, 0.2) is 42.0 Å². The van der Waals surface area contributed by atoms with Crippen LogP contribution in [-0.2, 0) is 0 Å². The average Bonchev–Trinajstić information content (AvgIpc) is 2.91. The number of aromatic nitrogens is 3. The molecule has 0 fully saturated rings. The summed E-state index contributed by atoms with van der Waals surface area (Å²) >= 11 is 13.4. The molecule has 1 N–H and O–H groups in total. The lowest BCUT2D eigenvalue weighted by Gasteiger charge is -2.00. The molecule has 2 heterocycles. The Morgan fingerprint density at radius 2 is 1.81 bits per heavy atom. The molecular weight excluding hydrogens is 395 g/mol. The first-order valence-electron chi connectivity index (χ1n) is 5.67. The molecule has 0 saturated carbocycles. The number of hydrogen-bond acceptors (Lipinski definition) is 5. The van der Waals surface area contributed by atoms with Crippen LogP contribution in [0.4, 0.5) is 11.1 Å². The molecule has 1 aromatic carbocycles. The van der Waals surface area contributed by atoms with E-state index in [1.54, 1.807) is 30.6 Å². The smallest absolute Gasteiger partial charge is 0.228 e. The molecule has 0 bridgehead atoms. The highest BCUT2D eigenvalue weighted by atomic mass is 79.9. The summed E-state index contributed by atoms with van der Waals surface area (Å²) in [6.45, 7) is 0. The highest BCUT2D eigenvalue weighted by molar-refractivity contribution is 8.93. The van der Waals surface area contributed by atoms with Crippen LogP contribution >= 0.6 is 51.5 Å². The van der Waals surface area contributed by atoms with E-state index in [0.717, 1.165) is 16.4 Å². The molecule has 21 heavy (non-hydrogen) atoms. The van der Waals surface area contributed by atoms with Gasteiger partial charge in [0.1, 0.15) is 0 Å². The van der Waals surface area contributed by atoms with E-state index < -0.39 is 0 Å². The van der Waals surface area contributed by atoms with Crippen molar-refractivity contribution in [3.05, 3.63) is 52.1 Å². The van der Waals surface area contributed by atoms with Gasteiger partial charge in [-0.15, -0.1) is 28.3 Å². The summed E-state index contributed by atoms with van der Waals surface area (Å²) in [5.74, 6) is 0.516. The first kappa shape index (κ1) is 16.2. The molecule has 0 unspecified atom stereocenters. The molecule has 0 spiro atoms. The first-order valence-corrected chi connectivity index (χ1v) is 7.31. The van der Waals surface area contributed by atoms with Gasteiger partial charge in [0, 0.05) is 23.3 Å². The summed E-state index contributed by atoms with van der Waals surface area (Å²) in [6, 6.07) is 7.19. The van der Waals surface area contributed by atoms with Crippen LogP contribution in [0, 0.1) is 0 Å². The lowest BCUT2D eigenvalue weighted by atomic mass is 10.2. The lowest BCUT2D eigenvalue weighted by molar-refractivity contribution is 1.16. The van der Waals surface area contributed by atoms with Crippen LogP contribution in [-0.4, -0.2) is 15.0 Å². The first-order chi connectivity index (χ1) is 9.72. The van der Waals surface area contributed by atoms with Gasteiger partial charge in [-0.3, -0.25) is 0 Å². The van der Waals surface area contributed by atoms with E-state index in [0.29, 0.717) is 16.0 Å². The molecule has 0 aliphatic rings. The summed E-state index contributed by atoms with van der Waals surface area (Å²) < 4.78 is 0. The van der Waals surface area contributed by atoms with E-state index in [2.05, 4.69) is 20.3 Å². The molecule has 4 nitrogen and oxygen atoms in total. The Balaban J connectivity index is 0.00000161. The number of rotatable bonds is 3. The van der Waals surface area contributed by atoms with Crippen molar-refractivity contribution in [1.82, 2.24) is 15.0 Å². The Hall–Kier alpha value is -1.21. The highest BCUT2D eigenvalue weighted by Crippen LogP contribution is 2.30. The summed E-state index contributed by atoms with van der Waals surface area (Å²) in [5.41, 5.74) is 1.74. The third-order valence-electron chi connectivity index (χ3n) is 2.50. The van der Waals surface area contributed by atoms with Gasteiger partial charge in [-0.05, 0) is 18.2 Å². The second-order valence-electron chi connectivity index (χ2n) is 3.86. The number of hydrogen-bond donors (Lipinski definition) is 1. The molecule has 0 saturated heterocycles. The average molecular weight is 404 g/mol. The minimum absolute atomic E-state index is 0. The largest absolute Gasteiger partial charge is 0.300 e. The number of nitrogens with zero attached hydrogens (tertiary/aromatic N) is 3. The van der Waals surface area contributed by atoms with E-state index in [9.17, 15) is 0 Å². The predicted octanol–water partition coefficient (Wildman–Crippen LogP) is 5.23. The van der Waals surface area contributed by atoms with Gasteiger partial charge in [0.05, 0.1) is 15.7 Å². The van der Waals surface area contributed by atoms with Crippen LogP contribution in [0.3, 0.4) is 0 Å². The Morgan fingerprint density at radius 1 is 1.05 bits per heavy atom. The van der Waals surface area contributed by atoms with Crippen LogP contribution in [0.5, 0.6) is 0 Å². The van der Waals surface area contributed by atoms with Crippen molar-refractivity contribution in [2.75, 3.05) is 5.32 Å². The number of thiazole rings is 1. The third kappa shape index (κ3) is 3.91. The van der Waals surface area contributed by atoms with Crippen molar-refractivity contribution in [1.29, 1.82) is 0 Å². The molecule has 0 amide bonds. The molecule has 0 aliphatic heterocycles. The summed E-state index contributed by atoms with van der Waals surface area (Å²) in [6.07, 6.45) is 3.34. The fraction of sp³-hybridized carbons (Fsp3) is 0. The number of nitrogens with one attached hydrogen (secondary N) is 1. The minimum Gasteiger partial charge on any atom is -0.300 e. The van der Waals surface area contributed by atoms with E-state index >= 15 is 0 Å². The van der Waals surface area contributed by atoms with Gasteiger partial charge in [-0.1, -0.05) is 29.3 Å². The maximum absolute atomic E-state index is 6.01. The lowest BCUT2D eigenvalue weighted by Crippen LogP contribution is -1.94. The van der Waals surface area contributed by atoms with E-state index in [1.807, 2.05) is 11.4 Å². The zero-order valence-corrected chi connectivity index (χ0v) is 14.5. The van der Waals surface area contributed by atoms with Gasteiger partial charge in [0.25, 0.3) is 0 Å². The third-order valence-corrected chi connectivity index (χ3v) is 4.00. The molecule has 108 valence electrons. The fourth-order valence-electron chi connectivity index (χ4n) is 1.58. The van der Waals surface area contributed by atoms with Crippen molar-refractivity contribution >= 4 is 62.6 Å². The zero-order chi connectivity index (χ0) is 13.9. The predicted molar refractivity (Wildman–Crippen MR) is 93.2 cm³/mol. The van der Waals surface area contributed by atoms with Crippen LogP contribution in [0.1, 0.15) is 0 Å². The van der Waals surface area contributed by atoms with Crippen LogP contribution < -0.4 is 5.32 Å². The van der Waals surface area contributed by atoms with Gasteiger partial charge < -0.3 is 5.32 Å². The van der Waals surface area contributed by atoms with Crippen molar-refractivity contribution < 1.29 is 0 Å². The molecule has 3 rings (SSSR count). The van der Waals surface area contributed by atoms with Gasteiger partial charge in [-0.2, -0.15) is 0 Å². The van der Waals surface area contributed by atoms with Gasteiger partial charge >= 0.3 is 0 Å². The molecular formula is C13H9BrCl2N4S. The topological polar surface area (TPSA) is 50.7 Å². The number of anilines is 2. The van der Waals surface area contributed by atoms with Crippen molar-refractivity contribution in [3.8, 4) is 11.3 Å². The number of benzene rings is 1. The summed E-state index contributed by atoms with van der Waals surface area (Å²) in [4.78, 5) is 12.6. The quantitative estimate of drug-likeness (QED) is 0.650. The fourth-order valence-corrected chi connectivity index (χ4v) is 2.59.